The number of hydrogen-bond acceptors (Lipinski definition) is 3. The van der Waals surface area contributed by atoms with E-state index in [1.54, 1.807) is 0 Å². The molecular formula is C56H45N3. The second kappa shape index (κ2) is 16.5. The maximum Gasteiger partial charge on any atom is 0.0914 e. The van der Waals surface area contributed by atoms with Crippen molar-refractivity contribution in [1.82, 2.24) is 4.98 Å². The maximum absolute atomic E-state index is 5.72. The molecule has 8 aromatic carbocycles. The van der Waals surface area contributed by atoms with Gasteiger partial charge in [0.1, 0.15) is 0 Å². The van der Waals surface area contributed by atoms with Crippen LogP contribution in [0.5, 0.6) is 0 Å². The van der Waals surface area contributed by atoms with E-state index in [0.29, 0.717) is 0 Å². The molecule has 0 spiro atoms. The van der Waals surface area contributed by atoms with Crippen LogP contribution in [-0.2, 0) is 5.41 Å². The van der Waals surface area contributed by atoms with E-state index < -0.39 is 5.41 Å². The second-order valence-corrected chi connectivity index (χ2v) is 14.4. The second-order valence-electron chi connectivity index (χ2n) is 14.4. The van der Waals surface area contributed by atoms with Gasteiger partial charge < -0.3 is 9.80 Å². The lowest BCUT2D eigenvalue weighted by Crippen LogP contribution is -2.38. The number of rotatable bonds is 8. The van der Waals surface area contributed by atoms with Crippen molar-refractivity contribution in [3.8, 4) is 22.4 Å². The highest BCUT2D eigenvalue weighted by atomic mass is 15.2. The highest BCUT2D eigenvalue weighted by molar-refractivity contribution is 5.90. The minimum atomic E-state index is -0.796. The summed E-state index contributed by atoms with van der Waals surface area (Å²) in [7, 11) is 0. The molecule has 0 N–H and O–H groups in total. The molecule has 0 unspecified atom stereocenters. The fourth-order valence-electron chi connectivity index (χ4n) is 8.57. The van der Waals surface area contributed by atoms with Gasteiger partial charge in [-0.05, 0) is 101 Å². The summed E-state index contributed by atoms with van der Waals surface area (Å²) in [5.74, 6) is 0. The Balaban J connectivity index is 0.00000221. The number of nitrogens with zero attached hydrogens (tertiary/aromatic N) is 3. The normalized spacial score (nSPS) is 12.3. The van der Waals surface area contributed by atoms with E-state index in [0.717, 1.165) is 67.8 Å². The van der Waals surface area contributed by atoms with Crippen LogP contribution in [0.4, 0.5) is 34.1 Å². The zero-order valence-electron chi connectivity index (χ0n) is 33.4. The molecule has 10 rings (SSSR count). The lowest BCUT2D eigenvalue weighted by molar-refractivity contribution is 0.704. The van der Waals surface area contributed by atoms with Crippen LogP contribution >= 0.6 is 0 Å². The van der Waals surface area contributed by atoms with Crippen LogP contribution in [0.1, 0.15) is 36.2 Å². The van der Waals surface area contributed by atoms with Gasteiger partial charge in [0.25, 0.3) is 0 Å². The molecule has 0 amide bonds. The van der Waals surface area contributed by atoms with Crippen molar-refractivity contribution in [3.63, 3.8) is 0 Å². The van der Waals surface area contributed by atoms with Crippen LogP contribution in [0.15, 0.2) is 237 Å². The summed E-state index contributed by atoms with van der Waals surface area (Å²) in [4.78, 5) is 10.4. The molecular weight excluding hydrogens is 715 g/mol. The van der Waals surface area contributed by atoms with Crippen LogP contribution < -0.4 is 9.80 Å². The third kappa shape index (κ3) is 6.77. The highest BCUT2D eigenvalue weighted by Gasteiger charge is 2.48. The molecule has 1 aromatic heterocycles. The molecule has 284 valence electrons. The summed E-state index contributed by atoms with van der Waals surface area (Å²) in [5, 5.41) is 0. The van der Waals surface area contributed by atoms with E-state index in [-0.39, 0.29) is 0 Å². The molecule has 1 aliphatic heterocycles. The lowest BCUT2D eigenvalue weighted by Gasteiger charge is -2.46. The molecule has 59 heavy (non-hydrogen) atoms. The van der Waals surface area contributed by atoms with Crippen molar-refractivity contribution in [2.45, 2.75) is 19.3 Å². The molecule has 0 saturated heterocycles. The number of para-hydroxylation sites is 5. The molecule has 0 saturated carbocycles. The lowest BCUT2D eigenvalue weighted by atomic mass is 9.63. The Bertz CT molecular complexity index is 2620. The highest BCUT2D eigenvalue weighted by Crippen LogP contribution is 2.58. The van der Waals surface area contributed by atoms with Crippen molar-refractivity contribution in [2.75, 3.05) is 9.80 Å². The van der Waals surface area contributed by atoms with Gasteiger partial charge in [0.05, 0.1) is 28.2 Å². The Morgan fingerprint density at radius 1 is 0.390 bits per heavy atom. The number of pyridine rings is 1. The van der Waals surface area contributed by atoms with Crippen LogP contribution in [-0.4, -0.2) is 4.98 Å². The van der Waals surface area contributed by atoms with E-state index in [9.17, 15) is 0 Å². The minimum absolute atomic E-state index is 0.796. The summed E-state index contributed by atoms with van der Waals surface area (Å²) in [6, 6.07) is 84.6. The predicted molar refractivity (Wildman–Crippen MR) is 248 cm³/mol. The first kappa shape index (κ1) is 37.1. The Labute approximate surface area is 348 Å². The SMILES string of the molecule is CC.c1ccc(-c2cc(-c3ccccc3)nc(C3(c4ccc(N(c5ccccc5)c5ccccc5)cc4)c4ccccc4N(c4ccccc4)c4ccccc43)c2)cc1. The molecule has 0 fully saturated rings. The van der Waals surface area contributed by atoms with Gasteiger partial charge in [0.15, 0.2) is 0 Å². The smallest absolute Gasteiger partial charge is 0.0914 e. The van der Waals surface area contributed by atoms with Crippen molar-refractivity contribution in [2.24, 2.45) is 0 Å². The van der Waals surface area contributed by atoms with Crippen molar-refractivity contribution >= 4 is 34.1 Å². The zero-order valence-corrected chi connectivity index (χ0v) is 33.4. The van der Waals surface area contributed by atoms with Crippen LogP contribution in [0.3, 0.4) is 0 Å². The average molecular weight is 760 g/mol. The number of benzene rings is 8. The number of aromatic nitrogens is 1. The molecule has 0 aliphatic carbocycles. The third-order valence-corrected chi connectivity index (χ3v) is 11.1. The largest absolute Gasteiger partial charge is 0.311 e. The van der Waals surface area contributed by atoms with Crippen molar-refractivity contribution < 1.29 is 0 Å². The number of fused-ring (bicyclic) bond motifs is 2. The van der Waals surface area contributed by atoms with Crippen LogP contribution in [0, 0.1) is 0 Å². The van der Waals surface area contributed by atoms with Gasteiger partial charge >= 0.3 is 0 Å². The minimum Gasteiger partial charge on any atom is -0.311 e. The van der Waals surface area contributed by atoms with E-state index >= 15 is 0 Å². The molecule has 1 aliphatic rings. The van der Waals surface area contributed by atoms with Crippen molar-refractivity contribution in [1.29, 1.82) is 0 Å². The molecule has 0 radical (unpaired) electrons. The van der Waals surface area contributed by atoms with Gasteiger partial charge in [-0.15, -0.1) is 0 Å². The molecule has 3 nitrogen and oxygen atoms in total. The van der Waals surface area contributed by atoms with Crippen molar-refractivity contribution in [3.05, 3.63) is 259 Å². The Morgan fingerprint density at radius 3 is 1.34 bits per heavy atom. The molecule has 3 heteroatoms. The summed E-state index contributed by atoms with van der Waals surface area (Å²) in [6.45, 7) is 4.00. The van der Waals surface area contributed by atoms with E-state index in [4.69, 9.17) is 4.98 Å². The van der Waals surface area contributed by atoms with Crippen LogP contribution in [0.2, 0.25) is 0 Å². The van der Waals surface area contributed by atoms with Gasteiger partial charge in [-0.1, -0.05) is 178 Å². The first-order valence-electron chi connectivity index (χ1n) is 20.5. The Hall–Kier alpha value is -7.49. The molecule has 0 bridgehead atoms. The van der Waals surface area contributed by atoms with Gasteiger partial charge in [-0.25, -0.2) is 0 Å². The number of anilines is 6. The van der Waals surface area contributed by atoms with Crippen LogP contribution in [0.25, 0.3) is 22.4 Å². The fourth-order valence-corrected chi connectivity index (χ4v) is 8.57. The third-order valence-electron chi connectivity index (χ3n) is 11.1. The van der Waals surface area contributed by atoms with Gasteiger partial charge in [0, 0.05) is 28.3 Å². The Morgan fingerprint density at radius 2 is 0.814 bits per heavy atom. The van der Waals surface area contributed by atoms with E-state index in [2.05, 4.69) is 246 Å². The molecule has 0 atom stereocenters. The summed E-state index contributed by atoms with van der Waals surface area (Å²) < 4.78 is 0. The monoisotopic (exact) mass is 759 g/mol. The first-order chi connectivity index (χ1) is 29.3. The zero-order chi connectivity index (χ0) is 40.0. The standard InChI is InChI=1S/C54H39N3.C2H6/c1-6-20-40(21-7-1)42-38-50(41-22-8-2-9-23-41)55-53(39-42)54(43-34-36-47(37-35-43)56(44-24-10-3-11-25-44)45-26-12-4-13-27-45)48-30-16-18-32-51(48)57(46-28-14-5-15-29-46)52-33-19-17-31-49(52)54;1-2/h1-39H;1-2H3. The quantitative estimate of drug-likeness (QED) is 0.154. The predicted octanol–water partition coefficient (Wildman–Crippen LogP) is 15.1. The van der Waals surface area contributed by atoms with Gasteiger partial charge in [-0.3, -0.25) is 4.98 Å². The maximum atomic E-state index is 5.72. The van der Waals surface area contributed by atoms with Gasteiger partial charge in [-0.2, -0.15) is 0 Å². The summed E-state index contributed by atoms with van der Waals surface area (Å²) in [5.41, 5.74) is 14.5. The van der Waals surface area contributed by atoms with E-state index in [1.807, 2.05) is 13.8 Å². The molecule has 9 aromatic rings. The van der Waals surface area contributed by atoms with E-state index in [1.165, 1.54) is 11.1 Å². The molecule has 2 heterocycles. The number of hydrogen-bond donors (Lipinski definition) is 0. The van der Waals surface area contributed by atoms with Gasteiger partial charge in [0.2, 0.25) is 0 Å². The average Bonchev–Trinajstić information content (AvgIpc) is 3.33. The fraction of sp³-hybridized carbons (Fsp3) is 0.0536. The topological polar surface area (TPSA) is 19.4 Å². The summed E-state index contributed by atoms with van der Waals surface area (Å²) >= 11 is 0. The first-order valence-corrected chi connectivity index (χ1v) is 20.5. The Kier molecular flexibility index (Phi) is 10.4. The summed E-state index contributed by atoms with van der Waals surface area (Å²) in [6.07, 6.45) is 0.